The quantitative estimate of drug-likeness (QED) is 0.646. The molecule has 1 saturated carbocycles. The Hall–Kier alpha value is -2.37. The molecule has 30 heavy (non-hydrogen) atoms. The third-order valence-electron chi connectivity index (χ3n) is 7.21. The van der Waals surface area contributed by atoms with E-state index in [1.807, 2.05) is 18.2 Å². The molecule has 2 fully saturated rings. The van der Waals surface area contributed by atoms with Gasteiger partial charge in [-0.25, -0.2) is 0 Å². The van der Waals surface area contributed by atoms with Gasteiger partial charge in [0, 0.05) is 31.9 Å². The number of rotatable bonds is 1. The van der Waals surface area contributed by atoms with Gasteiger partial charge in [0.15, 0.2) is 0 Å². The number of hydrogen-bond donors (Lipinski definition) is 1. The number of nitrogens with one attached hydrogen (secondary N) is 1. The molecule has 6 heteroatoms. The van der Waals surface area contributed by atoms with Crippen LogP contribution in [0.5, 0.6) is 0 Å². The summed E-state index contributed by atoms with van der Waals surface area (Å²) in [5.41, 5.74) is 4.16. The fourth-order valence-electron chi connectivity index (χ4n) is 5.77. The molecule has 1 N–H and O–H groups in total. The van der Waals surface area contributed by atoms with Crippen LogP contribution >= 0.6 is 11.6 Å². The van der Waals surface area contributed by atoms with Crippen LogP contribution in [0.1, 0.15) is 43.5 Å². The van der Waals surface area contributed by atoms with Crippen LogP contribution < -0.4 is 15.8 Å². The molecule has 3 aromatic rings. The topological polar surface area (TPSA) is 50.2 Å². The highest BCUT2D eigenvalue weighted by molar-refractivity contribution is 6.35. The van der Waals surface area contributed by atoms with Crippen molar-refractivity contribution in [3.05, 3.63) is 63.2 Å². The van der Waals surface area contributed by atoms with Gasteiger partial charge in [0.2, 0.25) is 0 Å². The molecule has 3 heterocycles. The van der Waals surface area contributed by atoms with Crippen molar-refractivity contribution in [2.75, 3.05) is 31.1 Å². The van der Waals surface area contributed by atoms with Crippen LogP contribution in [0, 0.1) is 0 Å². The van der Waals surface area contributed by atoms with Crippen molar-refractivity contribution in [3.8, 4) is 5.69 Å². The summed E-state index contributed by atoms with van der Waals surface area (Å²) in [4.78, 5) is 20.1. The zero-order chi connectivity index (χ0) is 20.3. The first-order valence-corrected chi connectivity index (χ1v) is 11.4. The van der Waals surface area contributed by atoms with Crippen LogP contribution in [0.25, 0.3) is 16.6 Å². The second kappa shape index (κ2) is 6.82. The van der Waals surface area contributed by atoms with Gasteiger partial charge in [0.1, 0.15) is 5.82 Å². The zero-order valence-corrected chi connectivity index (χ0v) is 17.7. The highest BCUT2D eigenvalue weighted by Gasteiger charge is 2.46. The van der Waals surface area contributed by atoms with Crippen LogP contribution in [0.2, 0.25) is 5.02 Å². The van der Waals surface area contributed by atoms with Gasteiger partial charge in [-0.05, 0) is 48.7 Å². The van der Waals surface area contributed by atoms with Gasteiger partial charge in [-0.2, -0.15) is 4.98 Å². The lowest BCUT2D eigenvalue weighted by Crippen LogP contribution is -2.43. The summed E-state index contributed by atoms with van der Waals surface area (Å²) in [5.74, 6) is 0.889. The molecule has 0 amide bonds. The Kier molecular flexibility index (Phi) is 4.19. The van der Waals surface area contributed by atoms with E-state index in [1.165, 1.54) is 17.7 Å². The normalized spacial score (nSPS) is 19.8. The summed E-state index contributed by atoms with van der Waals surface area (Å²) in [6, 6.07) is 12.3. The first-order valence-electron chi connectivity index (χ1n) is 11.0. The lowest BCUT2D eigenvalue weighted by molar-refractivity contribution is 0.339. The smallest absolute Gasteiger partial charge is 0.280 e. The van der Waals surface area contributed by atoms with Crippen molar-refractivity contribution in [1.82, 2.24) is 14.9 Å². The van der Waals surface area contributed by atoms with Crippen LogP contribution in [0.15, 0.2) is 41.2 Å². The molecule has 2 aromatic carbocycles. The number of para-hydroxylation sites is 1. The Labute approximate surface area is 180 Å². The zero-order valence-electron chi connectivity index (χ0n) is 17.0. The summed E-state index contributed by atoms with van der Waals surface area (Å²) in [6.07, 6.45) is 5.63. The van der Waals surface area contributed by atoms with E-state index in [0.29, 0.717) is 10.4 Å². The van der Waals surface area contributed by atoms with Gasteiger partial charge in [-0.3, -0.25) is 9.36 Å². The van der Waals surface area contributed by atoms with Crippen molar-refractivity contribution in [3.63, 3.8) is 0 Å². The van der Waals surface area contributed by atoms with Crippen LogP contribution in [0.4, 0.5) is 5.69 Å². The fraction of sp³-hybridized carbons (Fsp3) is 0.417. The summed E-state index contributed by atoms with van der Waals surface area (Å²) >= 11 is 6.66. The van der Waals surface area contributed by atoms with Gasteiger partial charge < -0.3 is 10.2 Å². The molecule has 3 aliphatic rings. The number of halogens is 1. The van der Waals surface area contributed by atoms with Gasteiger partial charge in [-0.1, -0.05) is 36.9 Å². The monoisotopic (exact) mass is 420 g/mol. The number of aromatic nitrogens is 2. The SMILES string of the molecule is O=c1nc2n(c3c(Cl)cccc13)-c1ccc(N3CCNCC3)cc1C21CCCCC1. The number of nitrogens with zero attached hydrogens (tertiary/aromatic N) is 3. The summed E-state index contributed by atoms with van der Waals surface area (Å²) in [6.45, 7) is 4.06. The third kappa shape index (κ3) is 2.51. The molecule has 0 atom stereocenters. The fourth-order valence-corrected chi connectivity index (χ4v) is 6.03. The first kappa shape index (κ1) is 18.4. The standard InChI is InChI=1S/C24H25ClN4O/c25-19-6-4-5-17-21(19)29-20-8-7-16(28-13-11-26-12-14-28)15-18(20)24(9-2-1-3-10-24)23(29)27-22(17)30/h4-8,15,26H,1-3,9-14H2. The van der Waals surface area contributed by atoms with E-state index in [1.54, 1.807) is 0 Å². The molecule has 0 unspecified atom stereocenters. The first-order chi connectivity index (χ1) is 14.7. The van der Waals surface area contributed by atoms with E-state index in [4.69, 9.17) is 11.6 Å². The molecule has 1 saturated heterocycles. The maximum atomic E-state index is 13.0. The molecule has 1 aliphatic carbocycles. The van der Waals surface area contributed by atoms with Gasteiger partial charge in [0.05, 0.1) is 27.0 Å². The molecule has 0 radical (unpaired) electrons. The third-order valence-corrected chi connectivity index (χ3v) is 7.52. The molecule has 154 valence electrons. The lowest BCUT2D eigenvalue weighted by Gasteiger charge is -2.35. The highest BCUT2D eigenvalue weighted by Crippen LogP contribution is 2.52. The maximum Gasteiger partial charge on any atom is 0.280 e. The predicted octanol–water partition coefficient (Wildman–Crippen LogP) is 4.01. The molecule has 6 rings (SSSR count). The van der Waals surface area contributed by atoms with Gasteiger partial charge in [-0.15, -0.1) is 0 Å². The van der Waals surface area contributed by atoms with Crippen molar-refractivity contribution in [2.45, 2.75) is 37.5 Å². The summed E-state index contributed by atoms with van der Waals surface area (Å²) in [5, 5.41) is 4.64. The van der Waals surface area contributed by atoms with E-state index >= 15 is 0 Å². The van der Waals surface area contributed by atoms with Crippen molar-refractivity contribution < 1.29 is 0 Å². The number of piperazine rings is 1. The molecule has 5 nitrogen and oxygen atoms in total. The average molecular weight is 421 g/mol. The average Bonchev–Trinajstić information content (AvgIpc) is 3.04. The van der Waals surface area contributed by atoms with E-state index in [-0.39, 0.29) is 11.0 Å². The molecule has 1 aromatic heterocycles. The maximum absolute atomic E-state index is 13.0. The summed E-state index contributed by atoms with van der Waals surface area (Å²) in [7, 11) is 0. The number of hydrogen-bond acceptors (Lipinski definition) is 4. The van der Waals surface area contributed by atoms with E-state index in [0.717, 1.165) is 68.9 Å². The Morgan fingerprint density at radius 2 is 1.83 bits per heavy atom. The predicted molar refractivity (Wildman–Crippen MR) is 121 cm³/mol. The number of anilines is 1. The van der Waals surface area contributed by atoms with Crippen LogP contribution in [-0.2, 0) is 5.41 Å². The van der Waals surface area contributed by atoms with Gasteiger partial charge in [0.25, 0.3) is 5.56 Å². The van der Waals surface area contributed by atoms with Crippen molar-refractivity contribution in [1.29, 1.82) is 0 Å². The minimum Gasteiger partial charge on any atom is -0.369 e. The Bertz CT molecular complexity index is 1210. The van der Waals surface area contributed by atoms with Crippen molar-refractivity contribution >= 4 is 28.2 Å². The molecular weight excluding hydrogens is 396 g/mol. The van der Waals surface area contributed by atoms with Crippen LogP contribution in [-0.4, -0.2) is 35.7 Å². The Balaban J connectivity index is 1.65. The van der Waals surface area contributed by atoms with Crippen molar-refractivity contribution in [2.24, 2.45) is 0 Å². The minimum atomic E-state index is -0.190. The molecule has 2 aliphatic heterocycles. The molecule has 1 spiro atoms. The highest BCUT2D eigenvalue weighted by atomic mass is 35.5. The van der Waals surface area contributed by atoms with E-state index in [9.17, 15) is 4.79 Å². The van der Waals surface area contributed by atoms with Crippen LogP contribution in [0.3, 0.4) is 0 Å². The molecule has 0 bridgehead atoms. The Morgan fingerprint density at radius 1 is 1.03 bits per heavy atom. The van der Waals surface area contributed by atoms with E-state index in [2.05, 4.69) is 38.0 Å². The Morgan fingerprint density at radius 3 is 2.63 bits per heavy atom. The lowest BCUT2D eigenvalue weighted by atomic mass is 9.69. The minimum absolute atomic E-state index is 0.168. The largest absolute Gasteiger partial charge is 0.369 e. The molecular formula is C24H25ClN4O. The second-order valence-electron chi connectivity index (χ2n) is 8.79. The summed E-state index contributed by atoms with van der Waals surface area (Å²) < 4.78 is 2.18. The number of benzene rings is 2. The number of fused-ring (bicyclic) bond motifs is 7. The van der Waals surface area contributed by atoms with E-state index < -0.39 is 0 Å². The second-order valence-corrected chi connectivity index (χ2v) is 9.20. The van der Waals surface area contributed by atoms with Gasteiger partial charge >= 0.3 is 0 Å².